The van der Waals surface area contributed by atoms with E-state index in [0.29, 0.717) is 50.8 Å². The van der Waals surface area contributed by atoms with Crippen LogP contribution in [0.5, 0.6) is 0 Å². The van der Waals surface area contributed by atoms with Gasteiger partial charge in [-0.15, -0.1) is 0 Å². The number of pyridine rings is 1. The fraction of sp³-hybridized carbons (Fsp3) is 0.409. The number of carbonyl (C=O) groups excluding carboxylic acids is 1. The zero-order valence-corrected chi connectivity index (χ0v) is 18.0. The number of hydrogen-bond donors (Lipinski definition) is 0. The molecule has 0 radical (unpaired) electrons. The number of hydrogen-bond acceptors (Lipinski definition) is 9. The summed E-state index contributed by atoms with van der Waals surface area (Å²) in [7, 11) is 0. The molecule has 0 unspecified atom stereocenters. The SMILES string of the molecule is Cc1cc(N2CCN(C(=O)c3cc(-c4cccnc4)on3)CC2)nc(N2CCOCC2)n1. The van der Waals surface area contributed by atoms with E-state index >= 15 is 0 Å². The first-order chi connectivity index (χ1) is 15.7. The van der Waals surface area contributed by atoms with Crippen LogP contribution in [-0.2, 0) is 4.74 Å². The van der Waals surface area contributed by atoms with Crippen molar-refractivity contribution in [2.45, 2.75) is 6.92 Å². The van der Waals surface area contributed by atoms with Crippen molar-refractivity contribution < 1.29 is 14.1 Å². The van der Waals surface area contributed by atoms with Gasteiger partial charge in [-0.2, -0.15) is 4.98 Å². The van der Waals surface area contributed by atoms with Gasteiger partial charge < -0.3 is 24.0 Å². The highest BCUT2D eigenvalue weighted by Crippen LogP contribution is 2.22. The zero-order valence-electron chi connectivity index (χ0n) is 18.0. The van der Waals surface area contributed by atoms with E-state index in [1.54, 1.807) is 23.4 Å². The summed E-state index contributed by atoms with van der Waals surface area (Å²) in [6.45, 7) is 7.52. The van der Waals surface area contributed by atoms with Crippen LogP contribution in [-0.4, -0.2) is 83.4 Å². The van der Waals surface area contributed by atoms with Crippen LogP contribution in [0.3, 0.4) is 0 Å². The average Bonchev–Trinajstić information content (AvgIpc) is 3.35. The van der Waals surface area contributed by atoms with Gasteiger partial charge >= 0.3 is 0 Å². The molecular formula is C22H25N7O3. The lowest BCUT2D eigenvalue weighted by Crippen LogP contribution is -2.49. The standard InChI is InChI=1S/C22H25N7O3/c1-16-13-20(25-22(24-16)29-9-11-31-12-10-29)27-5-7-28(8-6-27)21(30)18-14-19(32-26-18)17-3-2-4-23-15-17/h2-4,13-15H,5-12H2,1H3. The van der Waals surface area contributed by atoms with Crippen LogP contribution >= 0.6 is 0 Å². The summed E-state index contributed by atoms with van der Waals surface area (Å²) in [5.41, 5.74) is 2.03. The number of piperazine rings is 1. The number of aromatic nitrogens is 4. The fourth-order valence-electron chi connectivity index (χ4n) is 3.92. The summed E-state index contributed by atoms with van der Waals surface area (Å²) in [4.78, 5) is 32.6. The number of aryl methyl sites for hydroxylation is 1. The van der Waals surface area contributed by atoms with E-state index < -0.39 is 0 Å². The van der Waals surface area contributed by atoms with Crippen molar-refractivity contribution in [2.24, 2.45) is 0 Å². The molecular weight excluding hydrogens is 410 g/mol. The van der Waals surface area contributed by atoms with Crippen LogP contribution in [0.4, 0.5) is 11.8 Å². The van der Waals surface area contributed by atoms with Gasteiger partial charge in [0.2, 0.25) is 5.95 Å². The summed E-state index contributed by atoms with van der Waals surface area (Å²) < 4.78 is 10.8. The van der Waals surface area contributed by atoms with E-state index in [0.717, 1.165) is 36.1 Å². The Morgan fingerprint density at radius 1 is 1.00 bits per heavy atom. The van der Waals surface area contributed by atoms with Gasteiger partial charge in [0.25, 0.3) is 5.91 Å². The second kappa shape index (κ2) is 8.91. The van der Waals surface area contributed by atoms with Crippen LogP contribution in [0.2, 0.25) is 0 Å². The summed E-state index contributed by atoms with van der Waals surface area (Å²) in [5, 5.41) is 3.98. The molecule has 0 N–H and O–H groups in total. The van der Waals surface area contributed by atoms with E-state index in [9.17, 15) is 4.79 Å². The first-order valence-electron chi connectivity index (χ1n) is 10.8. The number of nitrogens with zero attached hydrogens (tertiary/aromatic N) is 7. The third-order valence-electron chi connectivity index (χ3n) is 5.69. The fourth-order valence-corrected chi connectivity index (χ4v) is 3.92. The molecule has 2 aliphatic heterocycles. The number of morpholine rings is 1. The Hall–Kier alpha value is -3.53. The summed E-state index contributed by atoms with van der Waals surface area (Å²) >= 11 is 0. The lowest BCUT2D eigenvalue weighted by atomic mass is 10.2. The van der Waals surface area contributed by atoms with E-state index in [1.807, 2.05) is 25.1 Å². The highest BCUT2D eigenvalue weighted by Gasteiger charge is 2.26. The Bertz CT molecular complexity index is 1070. The van der Waals surface area contributed by atoms with Gasteiger partial charge in [-0.25, -0.2) is 4.98 Å². The van der Waals surface area contributed by atoms with Crippen LogP contribution in [0.1, 0.15) is 16.2 Å². The number of anilines is 2. The van der Waals surface area contributed by atoms with Crippen molar-refractivity contribution >= 4 is 17.7 Å². The summed E-state index contributed by atoms with van der Waals surface area (Å²) in [6, 6.07) is 7.36. The highest BCUT2D eigenvalue weighted by molar-refractivity contribution is 5.93. The van der Waals surface area contributed by atoms with Crippen LogP contribution in [0.25, 0.3) is 11.3 Å². The molecule has 0 saturated carbocycles. The maximum atomic E-state index is 12.9. The van der Waals surface area contributed by atoms with Gasteiger partial charge in [0.1, 0.15) is 5.82 Å². The number of rotatable bonds is 4. The quantitative estimate of drug-likeness (QED) is 0.605. The minimum atomic E-state index is -0.128. The van der Waals surface area contributed by atoms with Crippen LogP contribution in [0.15, 0.2) is 41.2 Å². The molecule has 3 aromatic heterocycles. The molecule has 2 aliphatic rings. The van der Waals surface area contributed by atoms with E-state index in [4.69, 9.17) is 14.2 Å². The molecule has 2 fully saturated rings. The molecule has 32 heavy (non-hydrogen) atoms. The van der Waals surface area contributed by atoms with Crippen molar-refractivity contribution in [3.05, 3.63) is 48.0 Å². The maximum Gasteiger partial charge on any atom is 0.276 e. The van der Waals surface area contributed by atoms with Crippen molar-refractivity contribution in [2.75, 3.05) is 62.3 Å². The molecule has 0 bridgehead atoms. The molecule has 1 amide bonds. The lowest BCUT2D eigenvalue weighted by molar-refractivity contribution is 0.0736. The van der Waals surface area contributed by atoms with E-state index in [-0.39, 0.29) is 5.91 Å². The average molecular weight is 435 g/mol. The highest BCUT2D eigenvalue weighted by atomic mass is 16.5. The van der Waals surface area contributed by atoms with E-state index in [2.05, 4.69) is 24.9 Å². The number of amides is 1. The summed E-state index contributed by atoms with van der Waals surface area (Å²) in [6.07, 6.45) is 3.37. The molecule has 0 atom stereocenters. The Kier molecular flexibility index (Phi) is 5.68. The molecule has 5 rings (SSSR count). The minimum Gasteiger partial charge on any atom is -0.378 e. The first-order valence-corrected chi connectivity index (χ1v) is 10.8. The molecule has 166 valence electrons. The molecule has 0 aromatic carbocycles. The second-order valence-electron chi connectivity index (χ2n) is 7.86. The van der Waals surface area contributed by atoms with Gasteiger partial charge in [0.05, 0.1) is 13.2 Å². The molecule has 2 saturated heterocycles. The number of carbonyl (C=O) groups is 1. The topological polar surface area (TPSA) is 101 Å². The molecule has 10 nitrogen and oxygen atoms in total. The molecule has 0 aliphatic carbocycles. The normalized spacial score (nSPS) is 17.0. The third kappa shape index (κ3) is 4.26. The van der Waals surface area contributed by atoms with Gasteiger partial charge in [0.15, 0.2) is 11.5 Å². The molecule has 3 aromatic rings. The molecule has 0 spiro atoms. The Morgan fingerprint density at radius 2 is 1.81 bits per heavy atom. The number of ether oxygens (including phenoxy) is 1. The van der Waals surface area contributed by atoms with Crippen molar-refractivity contribution in [3.63, 3.8) is 0 Å². The Balaban J connectivity index is 1.24. The lowest BCUT2D eigenvalue weighted by Gasteiger charge is -2.35. The monoisotopic (exact) mass is 435 g/mol. The van der Waals surface area contributed by atoms with Gasteiger partial charge in [-0.3, -0.25) is 9.78 Å². The largest absolute Gasteiger partial charge is 0.378 e. The van der Waals surface area contributed by atoms with Crippen molar-refractivity contribution in [1.29, 1.82) is 0 Å². The van der Waals surface area contributed by atoms with Gasteiger partial charge in [0, 0.05) is 75.1 Å². The Morgan fingerprint density at radius 3 is 2.56 bits per heavy atom. The van der Waals surface area contributed by atoms with Crippen molar-refractivity contribution in [3.8, 4) is 11.3 Å². The Labute approximate surface area is 185 Å². The predicted molar refractivity (Wildman–Crippen MR) is 118 cm³/mol. The van der Waals surface area contributed by atoms with Gasteiger partial charge in [-0.1, -0.05) is 5.16 Å². The van der Waals surface area contributed by atoms with Crippen LogP contribution < -0.4 is 9.80 Å². The van der Waals surface area contributed by atoms with Crippen LogP contribution in [0, 0.1) is 6.92 Å². The zero-order chi connectivity index (χ0) is 21.9. The minimum absolute atomic E-state index is 0.128. The molecule has 10 heteroatoms. The summed E-state index contributed by atoms with van der Waals surface area (Å²) in [5.74, 6) is 2.04. The molecule has 5 heterocycles. The predicted octanol–water partition coefficient (Wildman–Crippen LogP) is 1.63. The third-order valence-corrected chi connectivity index (χ3v) is 5.69. The van der Waals surface area contributed by atoms with Crippen molar-refractivity contribution in [1.82, 2.24) is 25.0 Å². The van der Waals surface area contributed by atoms with Gasteiger partial charge in [-0.05, 0) is 19.1 Å². The maximum absolute atomic E-state index is 12.9. The smallest absolute Gasteiger partial charge is 0.276 e. The van der Waals surface area contributed by atoms with E-state index in [1.165, 1.54) is 0 Å². The second-order valence-corrected chi connectivity index (χ2v) is 7.86. The first kappa shape index (κ1) is 20.4.